The largest absolute Gasteiger partial charge is 0.368 e. The molecule has 1 aliphatic rings. The molecule has 1 nitrogen and oxygen atoms in total. The van der Waals surface area contributed by atoms with Gasteiger partial charge in [-0.2, -0.15) is 0 Å². The van der Waals surface area contributed by atoms with Crippen molar-refractivity contribution in [1.82, 2.24) is 0 Å². The van der Waals surface area contributed by atoms with E-state index < -0.39 is 0 Å². The van der Waals surface area contributed by atoms with Gasteiger partial charge in [0.2, 0.25) is 0 Å². The van der Waals surface area contributed by atoms with Crippen LogP contribution in [0.3, 0.4) is 0 Å². The van der Waals surface area contributed by atoms with Gasteiger partial charge in [0.1, 0.15) is 0 Å². The summed E-state index contributed by atoms with van der Waals surface area (Å²) in [6.07, 6.45) is 4.62. The molecule has 1 rings (SSSR count). The highest BCUT2D eigenvalue weighted by atomic mass is 16.5. The van der Waals surface area contributed by atoms with Crippen LogP contribution in [0, 0.1) is 0 Å². The maximum absolute atomic E-state index is 5.58. The molecule has 0 aliphatic carbocycles. The second kappa shape index (κ2) is 2.14. The fourth-order valence-electron chi connectivity index (χ4n) is 1.22. The van der Waals surface area contributed by atoms with Crippen molar-refractivity contribution in [3.05, 3.63) is 12.7 Å². The van der Waals surface area contributed by atoms with Crippen molar-refractivity contribution in [3.63, 3.8) is 0 Å². The number of hydrogen-bond acceptors (Lipinski definition) is 1. The molecular formula is C8H14O. The van der Waals surface area contributed by atoms with Gasteiger partial charge in [0.15, 0.2) is 0 Å². The Balaban J connectivity index is 2.54. The fraction of sp³-hybridized carbons (Fsp3) is 0.750. The first-order valence-electron chi connectivity index (χ1n) is 3.48. The van der Waals surface area contributed by atoms with E-state index in [1.165, 1.54) is 6.42 Å². The molecular weight excluding hydrogens is 112 g/mol. The molecule has 2 atom stereocenters. The molecule has 1 heterocycles. The van der Waals surface area contributed by atoms with E-state index >= 15 is 0 Å². The summed E-state index contributed by atoms with van der Waals surface area (Å²) in [7, 11) is 0. The lowest BCUT2D eigenvalue weighted by Gasteiger charge is -2.18. The first-order valence-corrected chi connectivity index (χ1v) is 3.48. The molecule has 1 fully saturated rings. The normalized spacial score (nSPS) is 43.1. The zero-order valence-electron chi connectivity index (χ0n) is 6.18. The van der Waals surface area contributed by atoms with E-state index in [1.54, 1.807) is 0 Å². The van der Waals surface area contributed by atoms with Gasteiger partial charge in [-0.1, -0.05) is 6.08 Å². The highest BCUT2D eigenvalue weighted by Crippen LogP contribution is 2.30. The minimum atomic E-state index is -0.0284. The summed E-state index contributed by atoms with van der Waals surface area (Å²) in [6, 6.07) is 0. The highest BCUT2D eigenvalue weighted by molar-refractivity contribution is 4.97. The minimum Gasteiger partial charge on any atom is -0.368 e. The van der Waals surface area contributed by atoms with Gasteiger partial charge in [-0.3, -0.25) is 0 Å². The average Bonchev–Trinajstić information content (AvgIpc) is 2.13. The Hall–Kier alpha value is -0.300. The number of hydrogen-bond donors (Lipinski definition) is 0. The second-order valence-electron chi connectivity index (χ2n) is 2.98. The van der Waals surface area contributed by atoms with E-state index in [9.17, 15) is 0 Å². The van der Waals surface area contributed by atoms with E-state index in [2.05, 4.69) is 20.4 Å². The van der Waals surface area contributed by atoms with Gasteiger partial charge in [-0.05, 0) is 26.7 Å². The summed E-state index contributed by atoms with van der Waals surface area (Å²) in [4.78, 5) is 0. The molecule has 0 bridgehead atoms. The van der Waals surface area contributed by atoms with Crippen LogP contribution in [0.2, 0.25) is 0 Å². The fourth-order valence-corrected chi connectivity index (χ4v) is 1.22. The standard InChI is InChI=1S/C8H14O/c1-4-8(3)6-5-7(2)9-8/h4,7H,1,5-6H2,2-3H3. The van der Waals surface area contributed by atoms with Crippen LogP contribution in [-0.2, 0) is 4.74 Å². The highest BCUT2D eigenvalue weighted by Gasteiger charge is 2.30. The topological polar surface area (TPSA) is 9.23 Å². The van der Waals surface area contributed by atoms with Gasteiger partial charge in [-0.25, -0.2) is 0 Å². The third kappa shape index (κ3) is 1.33. The van der Waals surface area contributed by atoms with Gasteiger partial charge in [-0.15, -0.1) is 6.58 Å². The van der Waals surface area contributed by atoms with Gasteiger partial charge in [0.05, 0.1) is 11.7 Å². The van der Waals surface area contributed by atoms with Crippen molar-refractivity contribution in [2.24, 2.45) is 0 Å². The molecule has 0 spiro atoms. The van der Waals surface area contributed by atoms with Crippen molar-refractivity contribution < 1.29 is 4.74 Å². The summed E-state index contributed by atoms with van der Waals surface area (Å²) in [6.45, 7) is 7.92. The molecule has 0 radical (unpaired) electrons. The molecule has 0 aromatic carbocycles. The van der Waals surface area contributed by atoms with Crippen LogP contribution in [-0.4, -0.2) is 11.7 Å². The van der Waals surface area contributed by atoms with Crippen molar-refractivity contribution >= 4 is 0 Å². The number of ether oxygens (including phenoxy) is 1. The minimum absolute atomic E-state index is 0.0284. The van der Waals surface area contributed by atoms with E-state index in [-0.39, 0.29) is 5.60 Å². The smallest absolute Gasteiger partial charge is 0.0836 e. The SMILES string of the molecule is C=CC1(C)CCC(C)O1. The summed E-state index contributed by atoms with van der Waals surface area (Å²) < 4.78 is 5.58. The monoisotopic (exact) mass is 126 g/mol. The van der Waals surface area contributed by atoms with E-state index in [4.69, 9.17) is 4.74 Å². The Morgan fingerprint density at radius 1 is 1.78 bits per heavy atom. The zero-order valence-corrected chi connectivity index (χ0v) is 6.18. The summed E-state index contributed by atoms with van der Waals surface area (Å²) in [5.74, 6) is 0. The van der Waals surface area contributed by atoms with Crippen molar-refractivity contribution in [3.8, 4) is 0 Å². The summed E-state index contributed by atoms with van der Waals surface area (Å²) >= 11 is 0. The maximum Gasteiger partial charge on any atom is 0.0836 e. The molecule has 1 heteroatoms. The van der Waals surface area contributed by atoms with Crippen LogP contribution in [0.15, 0.2) is 12.7 Å². The second-order valence-corrected chi connectivity index (χ2v) is 2.98. The first kappa shape index (κ1) is 6.81. The Labute approximate surface area is 56.7 Å². The van der Waals surface area contributed by atoms with Crippen LogP contribution in [0.5, 0.6) is 0 Å². The van der Waals surface area contributed by atoms with Gasteiger partial charge >= 0.3 is 0 Å². The third-order valence-electron chi connectivity index (χ3n) is 1.95. The molecule has 1 aliphatic heterocycles. The third-order valence-corrected chi connectivity index (χ3v) is 1.95. The van der Waals surface area contributed by atoms with Gasteiger partial charge in [0.25, 0.3) is 0 Å². The molecule has 2 unspecified atom stereocenters. The molecule has 0 aromatic heterocycles. The summed E-state index contributed by atoms with van der Waals surface area (Å²) in [5, 5.41) is 0. The molecule has 52 valence electrons. The lowest BCUT2D eigenvalue weighted by atomic mass is 10.0. The molecule has 0 saturated carbocycles. The van der Waals surface area contributed by atoms with Crippen LogP contribution in [0.4, 0.5) is 0 Å². The van der Waals surface area contributed by atoms with E-state index in [1.807, 2.05) is 6.08 Å². The molecule has 0 aromatic rings. The molecule has 0 amide bonds. The molecule has 0 N–H and O–H groups in total. The Kier molecular flexibility index (Phi) is 1.62. The Bertz CT molecular complexity index is 120. The molecule has 9 heavy (non-hydrogen) atoms. The number of rotatable bonds is 1. The van der Waals surface area contributed by atoms with Gasteiger partial charge in [0, 0.05) is 0 Å². The van der Waals surface area contributed by atoms with Crippen LogP contribution in [0.1, 0.15) is 26.7 Å². The van der Waals surface area contributed by atoms with E-state index in [0.29, 0.717) is 6.10 Å². The first-order chi connectivity index (χ1) is 4.16. The van der Waals surface area contributed by atoms with Crippen molar-refractivity contribution in [2.75, 3.05) is 0 Å². The van der Waals surface area contributed by atoms with Crippen LogP contribution in [0.25, 0.3) is 0 Å². The quantitative estimate of drug-likeness (QED) is 0.489. The Morgan fingerprint density at radius 3 is 2.67 bits per heavy atom. The van der Waals surface area contributed by atoms with E-state index in [0.717, 1.165) is 6.42 Å². The average molecular weight is 126 g/mol. The predicted octanol–water partition coefficient (Wildman–Crippen LogP) is 2.13. The van der Waals surface area contributed by atoms with Crippen LogP contribution < -0.4 is 0 Å². The lowest BCUT2D eigenvalue weighted by Crippen LogP contribution is -2.20. The maximum atomic E-state index is 5.58. The van der Waals surface area contributed by atoms with Crippen molar-refractivity contribution in [1.29, 1.82) is 0 Å². The summed E-state index contributed by atoms with van der Waals surface area (Å²) in [5.41, 5.74) is -0.0284. The van der Waals surface area contributed by atoms with Gasteiger partial charge < -0.3 is 4.74 Å². The van der Waals surface area contributed by atoms with Crippen molar-refractivity contribution in [2.45, 2.75) is 38.4 Å². The molecule has 1 saturated heterocycles. The Morgan fingerprint density at radius 2 is 2.44 bits per heavy atom. The van der Waals surface area contributed by atoms with Crippen LogP contribution >= 0.6 is 0 Å². The zero-order chi connectivity index (χ0) is 6.91. The lowest BCUT2D eigenvalue weighted by molar-refractivity contribution is 0.0143. The predicted molar refractivity (Wildman–Crippen MR) is 38.4 cm³/mol.